The summed E-state index contributed by atoms with van der Waals surface area (Å²) in [6.07, 6.45) is 8.56. The van der Waals surface area contributed by atoms with Gasteiger partial charge in [-0.05, 0) is 32.1 Å². The maximum absolute atomic E-state index is 12.5. The number of aromatic nitrogens is 3. The number of nitrogens with one attached hydrogen (secondary N) is 1. The van der Waals surface area contributed by atoms with Crippen LogP contribution in [0, 0.1) is 0 Å². The minimum atomic E-state index is -0.0282. The fraction of sp³-hybridized carbons (Fsp3) is 0.812. The number of carbonyl (C=O) groups is 1. The topological polar surface area (TPSA) is 81.5 Å². The molecule has 2 aliphatic heterocycles. The molecule has 2 saturated heterocycles. The smallest absolute Gasteiger partial charge is 0.317 e. The lowest BCUT2D eigenvalue weighted by molar-refractivity contribution is 0.0499. The summed E-state index contributed by atoms with van der Waals surface area (Å²) >= 11 is 0. The summed E-state index contributed by atoms with van der Waals surface area (Å²) < 4.78 is 13.1. The fourth-order valence-electron chi connectivity index (χ4n) is 3.21. The van der Waals surface area contributed by atoms with E-state index in [1.54, 1.807) is 11.0 Å². The normalized spacial score (nSPS) is 23.5. The van der Waals surface area contributed by atoms with Crippen LogP contribution in [-0.4, -0.2) is 70.8 Å². The molecule has 1 aromatic heterocycles. The van der Waals surface area contributed by atoms with E-state index in [4.69, 9.17) is 9.47 Å². The van der Waals surface area contributed by atoms with Gasteiger partial charge < -0.3 is 19.7 Å². The largest absolute Gasteiger partial charge is 0.376 e. The van der Waals surface area contributed by atoms with Gasteiger partial charge in [0.1, 0.15) is 12.7 Å². The first kappa shape index (κ1) is 17.2. The molecule has 0 bridgehead atoms. The lowest BCUT2D eigenvalue weighted by Crippen LogP contribution is -2.47. The molecule has 134 valence electrons. The molecule has 0 aromatic carbocycles. The van der Waals surface area contributed by atoms with Crippen LogP contribution in [0.1, 0.15) is 32.1 Å². The molecule has 24 heavy (non-hydrogen) atoms. The molecule has 2 fully saturated rings. The minimum Gasteiger partial charge on any atom is -0.376 e. The quantitative estimate of drug-likeness (QED) is 0.717. The number of rotatable bonds is 8. The Labute approximate surface area is 142 Å². The summed E-state index contributed by atoms with van der Waals surface area (Å²) in [7, 11) is 0. The van der Waals surface area contributed by atoms with E-state index in [1.807, 2.05) is 4.90 Å². The number of nitrogens with zero attached hydrogens (tertiary/aromatic N) is 4. The average Bonchev–Trinajstić information content (AvgIpc) is 3.33. The van der Waals surface area contributed by atoms with Crippen molar-refractivity contribution < 1.29 is 14.3 Å². The molecular formula is C16H27N5O3. The first-order chi connectivity index (χ1) is 11.8. The van der Waals surface area contributed by atoms with Gasteiger partial charge in [0.15, 0.2) is 0 Å². The molecule has 0 spiro atoms. The van der Waals surface area contributed by atoms with Crippen LogP contribution in [0.4, 0.5) is 4.79 Å². The Kier molecular flexibility index (Phi) is 6.42. The molecule has 2 aliphatic rings. The Bertz CT molecular complexity index is 466. The summed E-state index contributed by atoms with van der Waals surface area (Å²) in [5.41, 5.74) is 0. The van der Waals surface area contributed by atoms with Gasteiger partial charge in [0, 0.05) is 39.4 Å². The van der Waals surface area contributed by atoms with E-state index in [1.165, 1.54) is 6.33 Å². The van der Waals surface area contributed by atoms with Crippen molar-refractivity contribution in [1.82, 2.24) is 25.0 Å². The molecule has 0 unspecified atom stereocenters. The number of hydrogen-bond donors (Lipinski definition) is 1. The number of amides is 2. The summed E-state index contributed by atoms with van der Waals surface area (Å²) in [4.78, 5) is 18.3. The van der Waals surface area contributed by atoms with Crippen LogP contribution in [-0.2, 0) is 16.0 Å². The van der Waals surface area contributed by atoms with Gasteiger partial charge in [-0.25, -0.2) is 9.78 Å². The third kappa shape index (κ3) is 5.17. The second-order valence-corrected chi connectivity index (χ2v) is 6.42. The molecule has 1 N–H and O–H groups in total. The second kappa shape index (κ2) is 8.98. The Morgan fingerprint density at radius 1 is 1.21 bits per heavy atom. The van der Waals surface area contributed by atoms with E-state index in [0.717, 1.165) is 51.9 Å². The lowest BCUT2D eigenvalue weighted by atomic mass is 10.2. The average molecular weight is 337 g/mol. The Hall–Kier alpha value is -1.67. The lowest BCUT2D eigenvalue weighted by Gasteiger charge is -2.28. The van der Waals surface area contributed by atoms with Crippen molar-refractivity contribution in [1.29, 1.82) is 0 Å². The maximum atomic E-state index is 12.5. The molecule has 0 saturated carbocycles. The summed E-state index contributed by atoms with van der Waals surface area (Å²) in [5, 5.41) is 7.06. The standard InChI is InChI=1S/C16H27N5O3/c22-16(18-6-3-7-21-13-17-12-19-21)20(10-14-4-1-8-23-14)11-15-5-2-9-24-15/h12-15H,1-11H2,(H,18,22)/t14-,15-/m0/s1. The van der Waals surface area contributed by atoms with Crippen molar-refractivity contribution in [2.75, 3.05) is 32.8 Å². The van der Waals surface area contributed by atoms with E-state index >= 15 is 0 Å². The van der Waals surface area contributed by atoms with Crippen LogP contribution in [0.15, 0.2) is 12.7 Å². The molecule has 0 aliphatic carbocycles. The van der Waals surface area contributed by atoms with Crippen molar-refractivity contribution in [2.24, 2.45) is 0 Å². The third-order valence-electron chi connectivity index (χ3n) is 4.49. The highest BCUT2D eigenvalue weighted by Crippen LogP contribution is 2.17. The molecule has 2 amide bonds. The predicted octanol–water partition coefficient (Wildman–Crippen LogP) is 1.04. The molecule has 3 heterocycles. The van der Waals surface area contributed by atoms with Gasteiger partial charge in [0.2, 0.25) is 0 Å². The van der Waals surface area contributed by atoms with Crippen molar-refractivity contribution in [3.63, 3.8) is 0 Å². The zero-order valence-corrected chi connectivity index (χ0v) is 14.1. The highest BCUT2D eigenvalue weighted by Gasteiger charge is 2.26. The SMILES string of the molecule is O=C(NCCCn1cncn1)N(C[C@@H]1CCCO1)C[C@@H]1CCCO1. The van der Waals surface area contributed by atoms with Crippen LogP contribution in [0.25, 0.3) is 0 Å². The van der Waals surface area contributed by atoms with Crippen LogP contribution in [0.3, 0.4) is 0 Å². The fourth-order valence-corrected chi connectivity index (χ4v) is 3.21. The maximum Gasteiger partial charge on any atom is 0.317 e. The zero-order valence-electron chi connectivity index (χ0n) is 14.1. The first-order valence-corrected chi connectivity index (χ1v) is 8.89. The highest BCUT2D eigenvalue weighted by molar-refractivity contribution is 5.74. The van der Waals surface area contributed by atoms with Gasteiger partial charge in [-0.3, -0.25) is 4.68 Å². The molecule has 1 aromatic rings. The van der Waals surface area contributed by atoms with Crippen LogP contribution in [0.5, 0.6) is 0 Å². The van der Waals surface area contributed by atoms with Gasteiger partial charge >= 0.3 is 6.03 Å². The summed E-state index contributed by atoms with van der Waals surface area (Å²) in [5.74, 6) is 0. The van der Waals surface area contributed by atoms with Crippen molar-refractivity contribution in [2.45, 2.75) is 50.9 Å². The van der Waals surface area contributed by atoms with Gasteiger partial charge in [-0.2, -0.15) is 5.10 Å². The van der Waals surface area contributed by atoms with Gasteiger partial charge in [-0.1, -0.05) is 0 Å². The van der Waals surface area contributed by atoms with E-state index in [9.17, 15) is 4.79 Å². The summed E-state index contributed by atoms with van der Waals surface area (Å²) in [6.45, 7) is 4.27. The summed E-state index contributed by atoms with van der Waals surface area (Å²) in [6, 6.07) is -0.0282. The van der Waals surface area contributed by atoms with Crippen molar-refractivity contribution >= 4 is 6.03 Å². The second-order valence-electron chi connectivity index (χ2n) is 6.42. The minimum absolute atomic E-state index is 0.0282. The first-order valence-electron chi connectivity index (χ1n) is 8.89. The molecule has 8 heteroatoms. The number of aryl methyl sites for hydroxylation is 1. The Balaban J connectivity index is 1.43. The zero-order chi connectivity index (χ0) is 16.6. The van der Waals surface area contributed by atoms with Crippen LogP contribution in [0.2, 0.25) is 0 Å². The Morgan fingerprint density at radius 3 is 2.46 bits per heavy atom. The molecule has 0 radical (unpaired) electrons. The molecular weight excluding hydrogens is 310 g/mol. The van der Waals surface area contributed by atoms with E-state index in [0.29, 0.717) is 19.6 Å². The van der Waals surface area contributed by atoms with E-state index in [-0.39, 0.29) is 18.2 Å². The van der Waals surface area contributed by atoms with E-state index in [2.05, 4.69) is 15.4 Å². The predicted molar refractivity (Wildman–Crippen MR) is 87.6 cm³/mol. The Morgan fingerprint density at radius 2 is 1.92 bits per heavy atom. The third-order valence-corrected chi connectivity index (χ3v) is 4.49. The van der Waals surface area contributed by atoms with Crippen LogP contribution >= 0.6 is 0 Å². The number of urea groups is 1. The van der Waals surface area contributed by atoms with Crippen molar-refractivity contribution in [3.8, 4) is 0 Å². The van der Waals surface area contributed by atoms with Crippen LogP contribution < -0.4 is 5.32 Å². The van der Waals surface area contributed by atoms with Gasteiger partial charge in [0.25, 0.3) is 0 Å². The van der Waals surface area contributed by atoms with Gasteiger partial charge in [-0.15, -0.1) is 0 Å². The van der Waals surface area contributed by atoms with Crippen molar-refractivity contribution in [3.05, 3.63) is 12.7 Å². The molecule has 3 rings (SSSR count). The van der Waals surface area contributed by atoms with Gasteiger partial charge in [0.05, 0.1) is 12.2 Å². The number of carbonyl (C=O) groups excluding carboxylic acids is 1. The number of hydrogen-bond acceptors (Lipinski definition) is 5. The molecule has 2 atom stereocenters. The number of ether oxygens (including phenoxy) is 2. The highest BCUT2D eigenvalue weighted by atomic mass is 16.5. The van der Waals surface area contributed by atoms with E-state index < -0.39 is 0 Å². The molecule has 8 nitrogen and oxygen atoms in total. The monoisotopic (exact) mass is 337 g/mol.